The molecule has 35 heavy (non-hydrogen) atoms. The molecule has 1 fully saturated rings. The molecule has 0 spiro atoms. The minimum Gasteiger partial charge on any atom is -0.329 e. The summed E-state index contributed by atoms with van der Waals surface area (Å²) in [6.07, 6.45) is 2.20. The van der Waals surface area contributed by atoms with Gasteiger partial charge in [-0.3, -0.25) is 14.3 Å². The first kappa shape index (κ1) is 24.9. The van der Waals surface area contributed by atoms with Crippen molar-refractivity contribution < 1.29 is 27.5 Å². The van der Waals surface area contributed by atoms with E-state index in [4.69, 9.17) is 11.6 Å². The molecule has 186 valence electrons. The van der Waals surface area contributed by atoms with Crippen LogP contribution in [-0.2, 0) is 20.9 Å². The van der Waals surface area contributed by atoms with Crippen LogP contribution in [0.15, 0.2) is 60.8 Å². The van der Waals surface area contributed by atoms with Crippen molar-refractivity contribution in [2.24, 2.45) is 0 Å². The van der Waals surface area contributed by atoms with Crippen LogP contribution in [0.3, 0.4) is 0 Å². The summed E-state index contributed by atoms with van der Waals surface area (Å²) in [5.41, 5.74) is 0.746. The molecule has 2 amide bonds. The molecule has 1 saturated heterocycles. The van der Waals surface area contributed by atoms with Crippen molar-refractivity contribution in [2.45, 2.75) is 49.7 Å². The Balaban J connectivity index is 1.53. The van der Waals surface area contributed by atoms with Crippen LogP contribution in [0.2, 0.25) is 0 Å². The minimum atomic E-state index is -5.00. The molecule has 2 heterocycles. The number of carbonyl (C=O) groups is 2. The summed E-state index contributed by atoms with van der Waals surface area (Å²) >= 11 is 6.40. The minimum absolute atomic E-state index is 0.0210. The van der Waals surface area contributed by atoms with Crippen molar-refractivity contribution in [3.63, 3.8) is 0 Å². The van der Waals surface area contributed by atoms with Crippen LogP contribution < -0.4 is 5.32 Å². The van der Waals surface area contributed by atoms with E-state index in [1.165, 1.54) is 34.3 Å². The summed E-state index contributed by atoms with van der Waals surface area (Å²) in [6.45, 7) is 0.375. The van der Waals surface area contributed by atoms with Gasteiger partial charge in [0.25, 0.3) is 0 Å². The number of nitrogens with one attached hydrogen (secondary N) is 1. The van der Waals surface area contributed by atoms with Crippen LogP contribution in [0, 0.1) is 0 Å². The number of nitrogens with zero attached hydrogens (tertiary/aromatic N) is 4. The molecule has 1 aliphatic heterocycles. The molecule has 0 saturated carbocycles. The molecule has 8 nitrogen and oxygen atoms in total. The van der Waals surface area contributed by atoms with E-state index in [1.54, 1.807) is 30.3 Å². The third kappa shape index (κ3) is 6.09. The van der Waals surface area contributed by atoms with Crippen LogP contribution in [0.1, 0.15) is 31.2 Å². The SMILES string of the molecule is O=C(NC1=CC=C(c2ccccc2)C(Cl)(OC(F)(F)F)C1)[C@H]1CCCCN1C(=O)Cn1cnnc1. The lowest BCUT2D eigenvalue weighted by Crippen LogP contribution is -2.53. The maximum absolute atomic E-state index is 13.3. The van der Waals surface area contributed by atoms with Crippen molar-refractivity contribution in [2.75, 3.05) is 6.54 Å². The number of aromatic nitrogens is 3. The lowest BCUT2D eigenvalue weighted by Gasteiger charge is -2.37. The van der Waals surface area contributed by atoms with E-state index in [9.17, 15) is 22.8 Å². The highest BCUT2D eigenvalue weighted by atomic mass is 35.5. The lowest BCUT2D eigenvalue weighted by molar-refractivity contribution is -0.342. The number of hydrogen-bond donors (Lipinski definition) is 1. The standard InChI is InChI=1S/C23H23ClF3N5O3/c24-22(35-23(25,26)27)12-17(9-10-18(22)16-6-2-1-3-7-16)30-21(34)19-8-4-5-11-32(19)20(33)13-31-14-28-29-15-31/h1-3,6-7,9-10,14-15,19H,4-5,8,11-13H2,(H,30,34)/t19-,22?/m1/s1. The zero-order valence-corrected chi connectivity index (χ0v) is 19.3. The van der Waals surface area contributed by atoms with Gasteiger partial charge in [-0.1, -0.05) is 48.0 Å². The Kier molecular flexibility index (Phi) is 7.27. The molecule has 1 aliphatic carbocycles. The first-order valence-corrected chi connectivity index (χ1v) is 11.4. The Morgan fingerprint density at radius 1 is 1.14 bits per heavy atom. The first-order valence-electron chi connectivity index (χ1n) is 11.0. The Labute approximate surface area is 204 Å². The molecule has 12 heteroatoms. The van der Waals surface area contributed by atoms with Gasteiger partial charge in [0.1, 0.15) is 25.2 Å². The highest BCUT2D eigenvalue weighted by Gasteiger charge is 2.47. The number of ether oxygens (including phenoxy) is 1. The van der Waals surface area contributed by atoms with Crippen molar-refractivity contribution in [3.05, 3.63) is 66.4 Å². The van der Waals surface area contributed by atoms with Gasteiger partial charge in [-0.25, -0.2) is 0 Å². The largest absolute Gasteiger partial charge is 0.524 e. The molecule has 1 N–H and O–H groups in total. The van der Waals surface area contributed by atoms with E-state index in [2.05, 4.69) is 20.3 Å². The fourth-order valence-electron chi connectivity index (χ4n) is 4.29. The molecule has 1 aromatic heterocycles. The van der Waals surface area contributed by atoms with Gasteiger partial charge >= 0.3 is 6.36 Å². The average Bonchev–Trinajstić information content (AvgIpc) is 3.31. The second kappa shape index (κ2) is 10.2. The maximum Gasteiger partial charge on any atom is 0.524 e. The van der Waals surface area contributed by atoms with E-state index in [1.807, 2.05) is 0 Å². The molecule has 4 rings (SSSR count). The summed E-state index contributed by atoms with van der Waals surface area (Å²) in [5, 5.41) is 7.72. The Hall–Kier alpha value is -3.18. The number of benzene rings is 1. The molecule has 2 aliphatic rings. The Morgan fingerprint density at radius 3 is 2.54 bits per heavy atom. The quantitative estimate of drug-likeness (QED) is 0.601. The number of hydrogen-bond acceptors (Lipinski definition) is 5. The highest BCUT2D eigenvalue weighted by Crippen LogP contribution is 2.45. The van der Waals surface area contributed by atoms with Crippen LogP contribution in [-0.4, -0.2) is 55.5 Å². The molecular formula is C23H23ClF3N5O3. The van der Waals surface area contributed by atoms with E-state index in [-0.39, 0.29) is 23.7 Å². The maximum atomic E-state index is 13.3. The molecule has 1 aromatic carbocycles. The first-order chi connectivity index (χ1) is 16.6. The van der Waals surface area contributed by atoms with Crippen molar-refractivity contribution in [1.29, 1.82) is 0 Å². The number of halogens is 4. The fraction of sp³-hybridized carbons (Fsp3) is 0.391. The summed E-state index contributed by atoms with van der Waals surface area (Å²) in [7, 11) is 0. The predicted molar refractivity (Wildman–Crippen MR) is 120 cm³/mol. The Morgan fingerprint density at radius 2 is 1.86 bits per heavy atom. The molecule has 0 bridgehead atoms. The van der Waals surface area contributed by atoms with Gasteiger partial charge in [-0.2, -0.15) is 0 Å². The molecule has 2 aromatic rings. The van der Waals surface area contributed by atoms with Crippen molar-refractivity contribution in [3.8, 4) is 0 Å². The zero-order valence-electron chi connectivity index (χ0n) is 18.5. The molecule has 1 unspecified atom stereocenters. The summed E-state index contributed by atoms with van der Waals surface area (Å²) < 4.78 is 45.6. The number of likely N-dealkylation sites (tertiary alicyclic amines) is 1. The van der Waals surface area contributed by atoms with Gasteiger partial charge in [0.05, 0.1) is 0 Å². The Bertz CT molecular complexity index is 1120. The highest BCUT2D eigenvalue weighted by molar-refractivity contribution is 6.29. The van der Waals surface area contributed by atoms with Crippen LogP contribution in [0.5, 0.6) is 0 Å². The van der Waals surface area contributed by atoms with Gasteiger partial charge in [0, 0.05) is 24.2 Å². The zero-order chi connectivity index (χ0) is 25.1. The van der Waals surface area contributed by atoms with Crippen LogP contribution in [0.4, 0.5) is 13.2 Å². The summed E-state index contributed by atoms with van der Waals surface area (Å²) in [6, 6.07) is 7.58. The van der Waals surface area contributed by atoms with E-state index in [0.717, 1.165) is 12.8 Å². The van der Waals surface area contributed by atoms with E-state index < -0.39 is 29.8 Å². The molecular weight excluding hydrogens is 487 g/mol. The molecule has 2 atom stereocenters. The average molecular weight is 510 g/mol. The fourth-order valence-corrected chi connectivity index (χ4v) is 4.70. The van der Waals surface area contributed by atoms with Crippen molar-refractivity contribution >= 4 is 29.0 Å². The second-order valence-corrected chi connectivity index (χ2v) is 8.92. The number of allylic oxidation sites excluding steroid dienone is 2. The van der Waals surface area contributed by atoms with Gasteiger partial charge in [-0.15, -0.1) is 23.4 Å². The third-order valence-corrected chi connectivity index (χ3v) is 6.24. The lowest BCUT2D eigenvalue weighted by atomic mass is 9.92. The van der Waals surface area contributed by atoms with E-state index >= 15 is 0 Å². The number of amides is 2. The monoisotopic (exact) mass is 509 g/mol. The number of rotatable bonds is 6. The number of alkyl halides is 4. The van der Waals surface area contributed by atoms with Crippen LogP contribution in [0.25, 0.3) is 5.57 Å². The number of piperidine rings is 1. The van der Waals surface area contributed by atoms with Gasteiger partial charge in [0.15, 0.2) is 5.06 Å². The summed E-state index contributed by atoms with van der Waals surface area (Å²) in [5.74, 6) is -0.767. The van der Waals surface area contributed by atoms with Gasteiger partial charge in [-0.05, 0) is 30.9 Å². The normalized spacial score (nSPS) is 22.9. The second-order valence-electron chi connectivity index (χ2n) is 8.31. The van der Waals surface area contributed by atoms with Gasteiger partial charge in [0.2, 0.25) is 11.8 Å². The topological polar surface area (TPSA) is 89.4 Å². The van der Waals surface area contributed by atoms with Crippen molar-refractivity contribution in [1.82, 2.24) is 25.0 Å². The van der Waals surface area contributed by atoms with Crippen LogP contribution >= 0.6 is 11.6 Å². The third-order valence-electron chi connectivity index (χ3n) is 5.83. The number of carbonyl (C=O) groups excluding carboxylic acids is 2. The smallest absolute Gasteiger partial charge is 0.329 e. The van der Waals surface area contributed by atoms with Gasteiger partial charge < -0.3 is 14.8 Å². The predicted octanol–water partition coefficient (Wildman–Crippen LogP) is 3.62. The van der Waals surface area contributed by atoms with E-state index in [0.29, 0.717) is 18.5 Å². The molecule has 0 radical (unpaired) electrons. The summed E-state index contributed by atoms with van der Waals surface area (Å²) in [4.78, 5) is 27.4.